The molecule has 0 spiro atoms. The fraction of sp³-hybridized carbons (Fsp3) is 0.583. The molecule has 1 aromatic carbocycles. The van der Waals surface area contributed by atoms with Gasteiger partial charge in [0.2, 0.25) is 11.8 Å². The van der Waals surface area contributed by atoms with Crippen LogP contribution in [0.15, 0.2) is 30.5 Å². The van der Waals surface area contributed by atoms with Crippen LogP contribution in [0.5, 0.6) is 0 Å². The maximum atomic E-state index is 13.0. The predicted octanol–water partition coefficient (Wildman–Crippen LogP) is 3.10. The molecule has 162 valence electrons. The fourth-order valence-electron chi connectivity index (χ4n) is 5.28. The average Bonchev–Trinajstić information content (AvgIpc) is 2.79. The molecule has 6 nitrogen and oxygen atoms in total. The van der Waals surface area contributed by atoms with Gasteiger partial charge >= 0.3 is 0 Å². The molecule has 1 aliphatic carbocycles. The molecule has 0 radical (unpaired) electrons. The van der Waals surface area contributed by atoms with E-state index in [0.717, 1.165) is 50.3 Å². The van der Waals surface area contributed by atoms with Gasteiger partial charge in [0.15, 0.2) is 0 Å². The van der Waals surface area contributed by atoms with Crippen LogP contribution in [-0.2, 0) is 14.3 Å². The summed E-state index contributed by atoms with van der Waals surface area (Å²) in [5.74, 6) is -0.0369. The highest BCUT2D eigenvalue weighted by Gasteiger charge is 2.39. The Labute approximate surface area is 179 Å². The summed E-state index contributed by atoms with van der Waals surface area (Å²) in [5.41, 5.74) is 2.15. The van der Waals surface area contributed by atoms with E-state index in [1.54, 1.807) is 18.0 Å². The Balaban J connectivity index is 1.45. The van der Waals surface area contributed by atoms with E-state index in [-0.39, 0.29) is 29.8 Å². The van der Waals surface area contributed by atoms with Crippen molar-refractivity contribution in [2.24, 2.45) is 0 Å². The minimum atomic E-state index is -0.255. The molecule has 2 amide bonds. The number of nitrogens with zero attached hydrogens (tertiary/aromatic N) is 2. The van der Waals surface area contributed by atoms with Crippen LogP contribution in [0.25, 0.3) is 6.08 Å². The summed E-state index contributed by atoms with van der Waals surface area (Å²) in [6.07, 6.45) is 9.99. The summed E-state index contributed by atoms with van der Waals surface area (Å²) in [6.45, 7) is 5.65. The van der Waals surface area contributed by atoms with Gasteiger partial charge in [-0.1, -0.05) is 43.5 Å². The molecule has 6 heteroatoms. The van der Waals surface area contributed by atoms with Crippen molar-refractivity contribution in [3.8, 4) is 0 Å². The van der Waals surface area contributed by atoms with Crippen LogP contribution in [0.1, 0.15) is 62.6 Å². The van der Waals surface area contributed by atoms with Gasteiger partial charge in [-0.2, -0.15) is 0 Å². The maximum Gasteiger partial charge on any atom is 0.223 e. The van der Waals surface area contributed by atoms with Crippen molar-refractivity contribution in [1.29, 1.82) is 0 Å². The van der Waals surface area contributed by atoms with Gasteiger partial charge in [-0.3, -0.25) is 14.5 Å². The number of benzene rings is 1. The normalized spacial score (nSPS) is 23.6. The Kier molecular flexibility index (Phi) is 6.54. The largest absolute Gasteiger partial charge is 0.379 e. The average molecular weight is 412 g/mol. The van der Waals surface area contributed by atoms with Gasteiger partial charge in [0.05, 0.1) is 25.7 Å². The number of morpholine rings is 1. The molecule has 1 saturated heterocycles. The van der Waals surface area contributed by atoms with Crippen molar-refractivity contribution in [2.45, 2.75) is 57.0 Å². The molecule has 0 aromatic heterocycles. The molecule has 2 heterocycles. The topological polar surface area (TPSA) is 61.9 Å². The molecule has 2 aliphatic heterocycles. The monoisotopic (exact) mass is 411 g/mol. The van der Waals surface area contributed by atoms with Crippen molar-refractivity contribution in [3.63, 3.8) is 0 Å². The molecular weight excluding hydrogens is 378 g/mol. The summed E-state index contributed by atoms with van der Waals surface area (Å²) in [4.78, 5) is 29.4. The number of fused-ring (bicyclic) bond motifs is 1. The molecule has 2 fully saturated rings. The van der Waals surface area contributed by atoms with Crippen molar-refractivity contribution in [2.75, 3.05) is 32.8 Å². The highest BCUT2D eigenvalue weighted by atomic mass is 16.5. The van der Waals surface area contributed by atoms with Crippen molar-refractivity contribution >= 4 is 17.9 Å². The minimum absolute atomic E-state index is 0.00885. The lowest BCUT2D eigenvalue weighted by atomic mass is 9.79. The Bertz CT molecular complexity index is 795. The quantitative estimate of drug-likeness (QED) is 0.809. The van der Waals surface area contributed by atoms with Crippen LogP contribution in [0.3, 0.4) is 0 Å². The molecule has 0 bridgehead atoms. The Hall–Kier alpha value is -2.18. The Morgan fingerprint density at radius 3 is 2.60 bits per heavy atom. The predicted molar refractivity (Wildman–Crippen MR) is 117 cm³/mol. The first-order valence-corrected chi connectivity index (χ1v) is 11.2. The van der Waals surface area contributed by atoms with E-state index in [4.69, 9.17) is 4.74 Å². The number of hydrogen-bond acceptors (Lipinski definition) is 4. The number of ether oxygens (including phenoxy) is 1. The van der Waals surface area contributed by atoms with E-state index < -0.39 is 0 Å². The lowest BCUT2D eigenvalue weighted by molar-refractivity contribution is -0.130. The van der Waals surface area contributed by atoms with E-state index in [1.165, 1.54) is 19.3 Å². The zero-order valence-electron chi connectivity index (χ0n) is 17.9. The third-order valence-electron chi connectivity index (χ3n) is 6.93. The minimum Gasteiger partial charge on any atom is -0.379 e. The van der Waals surface area contributed by atoms with Gasteiger partial charge in [-0.25, -0.2) is 0 Å². The van der Waals surface area contributed by atoms with Crippen LogP contribution in [0, 0.1) is 0 Å². The molecule has 1 atom stereocenters. The number of carbonyl (C=O) groups excluding carboxylic acids is 2. The van der Waals surface area contributed by atoms with E-state index >= 15 is 0 Å². The molecule has 1 N–H and O–H groups in total. The number of carbonyl (C=O) groups is 2. The molecule has 3 aliphatic rings. The van der Waals surface area contributed by atoms with Crippen molar-refractivity contribution in [3.05, 3.63) is 41.6 Å². The van der Waals surface area contributed by atoms with E-state index in [9.17, 15) is 9.59 Å². The Morgan fingerprint density at radius 1 is 1.13 bits per heavy atom. The van der Waals surface area contributed by atoms with Gasteiger partial charge in [-0.05, 0) is 30.0 Å². The Morgan fingerprint density at radius 2 is 1.87 bits per heavy atom. The van der Waals surface area contributed by atoms with Crippen LogP contribution < -0.4 is 5.32 Å². The number of nitrogens with one attached hydrogen (secondary N) is 1. The first-order valence-electron chi connectivity index (χ1n) is 11.2. The zero-order chi connectivity index (χ0) is 21.0. The third kappa shape index (κ3) is 4.44. The van der Waals surface area contributed by atoms with E-state index in [2.05, 4.69) is 10.2 Å². The third-order valence-corrected chi connectivity index (χ3v) is 6.93. The van der Waals surface area contributed by atoms with Crippen LogP contribution in [-0.4, -0.2) is 60.0 Å². The van der Waals surface area contributed by atoms with Crippen molar-refractivity contribution in [1.82, 2.24) is 15.1 Å². The molecular formula is C24H33N3O3. The molecule has 30 heavy (non-hydrogen) atoms. The molecule has 0 unspecified atom stereocenters. The number of rotatable bonds is 5. The van der Waals surface area contributed by atoms with E-state index in [1.807, 2.05) is 30.3 Å². The smallest absolute Gasteiger partial charge is 0.223 e. The van der Waals surface area contributed by atoms with Gasteiger partial charge in [0, 0.05) is 38.3 Å². The van der Waals surface area contributed by atoms with Gasteiger partial charge in [-0.15, -0.1) is 0 Å². The lowest BCUT2D eigenvalue weighted by Crippen LogP contribution is -2.59. The number of amides is 2. The molecule has 1 aromatic rings. The highest BCUT2D eigenvalue weighted by molar-refractivity contribution is 5.81. The first-order chi connectivity index (χ1) is 14.6. The van der Waals surface area contributed by atoms with Crippen molar-refractivity contribution < 1.29 is 14.3 Å². The fourth-order valence-corrected chi connectivity index (χ4v) is 5.28. The maximum absolute atomic E-state index is 13.0. The second kappa shape index (κ2) is 9.31. The second-order valence-corrected chi connectivity index (χ2v) is 8.75. The summed E-state index contributed by atoms with van der Waals surface area (Å²) < 4.78 is 5.56. The van der Waals surface area contributed by atoms with Crippen LogP contribution in [0.4, 0.5) is 0 Å². The SMILES string of the molecule is CC(=O)N1C=Cc2ccccc2[C@@H]1CC(=O)NCC1(N2CCOCC2)CCCCC1. The van der Waals surface area contributed by atoms with Crippen LogP contribution >= 0.6 is 0 Å². The number of hydrogen-bond donors (Lipinski definition) is 1. The summed E-state index contributed by atoms with van der Waals surface area (Å²) in [6, 6.07) is 7.75. The zero-order valence-corrected chi connectivity index (χ0v) is 17.9. The standard InChI is InChI=1S/C24H33N3O3/c1-19(28)27-12-9-20-7-3-4-8-21(20)22(27)17-23(29)25-18-24(10-5-2-6-11-24)26-13-15-30-16-14-26/h3-4,7-9,12,22H,2,5-6,10-11,13-18H2,1H3,(H,25,29)/t22-/m0/s1. The molecule has 4 rings (SSSR count). The summed E-state index contributed by atoms with van der Waals surface area (Å²) >= 11 is 0. The molecule has 1 saturated carbocycles. The lowest BCUT2D eigenvalue weighted by Gasteiger charge is -2.48. The van der Waals surface area contributed by atoms with Gasteiger partial charge in [0.25, 0.3) is 0 Å². The first kappa shape index (κ1) is 21.1. The highest BCUT2D eigenvalue weighted by Crippen LogP contribution is 2.35. The second-order valence-electron chi connectivity index (χ2n) is 8.75. The van der Waals surface area contributed by atoms with Gasteiger partial charge in [0.1, 0.15) is 0 Å². The van der Waals surface area contributed by atoms with Crippen LogP contribution in [0.2, 0.25) is 0 Å². The van der Waals surface area contributed by atoms with Gasteiger partial charge < -0.3 is 15.0 Å². The summed E-state index contributed by atoms with van der Waals surface area (Å²) in [5, 5.41) is 3.24. The van der Waals surface area contributed by atoms with E-state index in [0.29, 0.717) is 6.54 Å². The summed E-state index contributed by atoms with van der Waals surface area (Å²) in [7, 11) is 0.